The fourth-order valence-corrected chi connectivity index (χ4v) is 5.04. The molecule has 1 heterocycles. The number of hydrogen-bond donors (Lipinski definition) is 2. The molecule has 0 bridgehead atoms. The van der Waals surface area contributed by atoms with Gasteiger partial charge in [-0.2, -0.15) is 0 Å². The van der Waals surface area contributed by atoms with Gasteiger partial charge in [-0.3, -0.25) is 14.6 Å². The summed E-state index contributed by atoms with van der Waals surface area (Å²) in [5.74, 6) is -0.352. The van der Waals surface area contributed by atoms with Gasteiger partial charge < -0.3 is 15.2 Å². The third-order valence-electron chi connectivity index (χ3n) is 7.26. The number of ether oxygens (including phenoxy) is 1. The van der Waals surface area contributed by atoms with Crippen LogP contribution >= 0.6 is 0 Å². The van der Waals surface area contributed by atoms with Crippen LogP contribution in [0, 0.1) is 25.5 Å². The molecule has 1 unspecified atom stereocenters. The summed E-state index contributed by atoms with van der Waals surface area (Å²) < 4.78 is 34.5. The highest BCUT2D eigenvalue weighted by Gasteiger charge is 2.29. The van der Waals surface area contributed by atoms with Crippen molar-refractivity contribution in [1.82, 2.24) is 15.1 Å². The number of halogens is 2. The minimum atomic E-state index is -0.691. The number of aliphatic hydroxyl groups is 1. The number of nitrogens with zero attached hydrogens (tertiary/aromatic N) is 2. The normalized spacial score (nSPS) is 17.7. The standard InChI is InChI=1S/C32H37F2N3O3/c1-5-31(38)37-13-12-36(19-23(37)4)20-30(26-7-6-22(3)29(34)17-26)40-28-10-8-25(9-11-28)32(39)35-18-24-14-21(2)15-27(33)16-24/h5-11,14-17,23,30-31,38H,1,12-13,18-20H2,2-4H3,(H,35,39)/t23-,30+,31?/m1/s1. The Morgan fingerprint density at radius 3 is 2.52 bits per heavy atom. The summed E-state index contributed by atoms with van der Waals surface area (Å²) in [6, 6.07) is 16.7. The molecule has 1 fully saturated rings. The van der Waals surface area contributed by atoms with Gasteiger partial charge in [-0.05, 0) is 91.6 Å². The van der Waals surface area contributed by atoms with E-state index in [4.69, 9.17) is 4.74 Å². The first-order chi connectivity index (χ1) is 19.1. The van der Waals surface area contributed by atoms with E-state index in [2.05, 4.69) is 23.7 Å². The summed E-state index contributed by atoms with van der Waals surface area (Å²) in [5, 5.41) is 13.0. The van der Waals surface area contributed by atoms with Crippen LogP contribution in [0.5, 0.6) is 5.75 Å². The highest BCUT2D eigenvalue weighted by molar-refractivity contribution is 5.94. The fourth-order valence-electron chi connectivity index (χ4n) is 5.04. The van der Waals surface area contributed by atoms with Crippen molar-refractivity contribution >= 4 is 5.91 Å². The number of benzene rings is 3. The Hall–Kier alpha value is -3.59. The van der Waals surface area contributed by atoms with E-state index in [-0.39, 0.29) is 30.1 Å². The van der Waals surface area contributed by atoms with Crippen LogP contribution in [0.2, 0.25) is 0 Å². The van der Waals surface area contributed by atoms with E-state index >= 15 is 0 Å². The lowest BCUT2D eigenvalue weighted by atomic mass is 10.0. The molecule has 1 amide bonds. The van der Waals surface area contributed by atoms with Gasteiger partial charge in [0.1, 0.15) is 29.7 Å². The molecule has 1 aliphatic heterocycles. The predicted molar refractivity (Wildman–Crippen MR) is 152 cm³/mol. The van der Waals surface area contributed by atoms with Crippen LogP contribution in [0.3, 0.4) is 0 Å². The second-order valence-corrected chi connectivity index (χ2v) is 10.5. The van der Waals surface area contributed by atoms with E-state index in [0.29, 0.717) is 48.6 Å². The summed E-state index contributed by atoms with van der Waals surface area (Å²) in [6.07, 6.45) is 0.387. The Kier molecular flexibility index (Phi) is 9.68. The highest BCUT2D eigenvalue weighted by atomic mass is 19.1. The lowest BCUT2D eigenvalue weighted by Gasteiger charge is -2.42. The molecule has 0 spiro atoms. The van der Waals surface area contributed by atoms with E-state index in [1.54, 1.807) is 44.2 Å². The van der Waals surface area contributed by atoms with Gasteiger partial charge in [0, 0.05) is 44.3 Å². The molecule has 3 aromatic rings. The maximum Gasteiger partial charge on any atom is 0.251 e. The van der Waals surface area contributed by atoms with E-state index in [1.165, 1.54) is 24.3 Å². The summed E-state index contributed by atoms with van der Waals surface area (Å²) in [7, 11) is 0. The molecule has 6 nitrogen and oxygen atoms in total. The van der Waals surface area contributed by atoms with Crippen molar-refractivity contribution in [2.45, 2.75) is 45.7 Å². The minimum absolute atomic E-state index is 0.103. The number of carbonyl (C=O) groups excluding carboxylic acids is 1. The summed E-state index contributed by atoms with van der Waals surface area (Å²) in [5.41, 5.74) is 3.21. The summed E-state index contributed by atoms with van der Waals surface area (Å²) in [4.78, 5) is 16.9. The fraction of sp³-hybridized carbons (Fsp3) is 0.344. The smallest absolute Gasteiger partial charge is 0.251 e. The molecule has 0 saturated carbocycles. The van der Waals surface area contributed by atoms with E-state index < -0.39 is 12.3 Å². The quantitative estimate of drug-likeness (QED) is 0.343. The average Bonchev–Trinajstić information content (AvgIpc) is 2.92. The first-order valence-electron chi connectivity index (χ1n) is 13.5. The van der Waals surface area contributed by atoms with Crippen molar-refractivity contribution in [2.75, 3.05) is 26.2 Å². The van der Waals surface area contributed by atoms with E-state index in [0.717, 1.165) is 11.1 Å². The first kappa shape index (κ1) is 29.4. The van der Waals surface area contributed by atoms with Crippen LogP contribution in [0.1, 0.15) is 45.6 Å². The number of rotatable bonds is 10. The first-order valence-corrected chi connectivity index (χ1v) is 13.5. The lowest BCUT2D eigenvalue weighted by molar-refractivity contribution is -0.0333. The molecule has 1 aliphatic rings. The lowest BCUT2D eigenvalue weighted by Crippen LogP contribution is -2.55. The van der Waals surface area contributed by atoms with Gasteiger partial charge in [0.05, 0.1) is 0 Å². The topological polar surface area (TPSA) is 65.0 Å². The molecule has 8 heteroatoms. The molecule has 40 heavy (non-hydrogen) atoms. The predicted octanol–water partition coefficient (Wildman–Crippen LogP) is 5.14. The molecule has 1 saturated heterocycles. The molecule has 3 aromatic carbocycles. The van der Waals surface area contributed by atoms with Crippen LogP contribution in [0.25, 0.3) is 0 Å². The maximum atomic E-state index is 14.5. The number of nitrogens with one attached hydrogen (secondary N) is 1. The van der Waals surface area contributed by atoms with Crippen molar-refractivity contribution in [3.8, 4) is 5.75 Å². The van der Waals surface area contributed by atoms with Crippen LogP contribution in [0.15, 0.2) is 73.3 Å². The maximum absolute atomic E-state index is 14.5. The molecular formula is C32H37F2N3O3. The molecule has 3 atom stereocenters. The van der Waals surface area contributed by atoms with Crippen molar-refractivity contribution in [1.29, 1.82) is 0 Å². The van der Waals surface area contributed by atoms with Crippen molar-refractivity contribution in [2.24, 2.45) is 0 Å². The number of aliphatic hydroxyl groups excluding tert-OH is 1. The Labute approximate surface area is 234 Å². The minimum Gasteiger partial charge on any atom is -0.484 e. The molecule has 0 aromatic heterocycles. The third-order valence-corrected chi connectivity index (χ3v) is 7.26. The number of carbonyl (C=O) groups is 1. The van der Waals surface area contributed by atoms with Crippen LogP contribution < -0.4 is 10.1 Å². The van der Waals surface area contributed by atoms with Crippen LogP contribution in [-0.2, 0) is 6.54 Å². The van der Waals surface area contributed by atoms with Crippen LogP contribution in [-0.4, -0.2) is 59.3 Å². The Bertz CT molecular complexity index is 1310. The second kappa shape index (κ2) is 13.2. The Balaban J connectivity index is 1.44. The monoisotopic (exact) mass is 549 g/mol. The summed E-state index contributed by atoms with van der Waals surface area (Å²) >= 11 is 0. The molecule has 2 N–H and O–H groups in total. The summed E-state index contributed by atoms with van der Waals surface area (Å²) in [6.45, 7) is 12.1. The largest absolute Gasteiger partial charge is 0.484 e. The number of aryl methyl sites for hydroxylation is 2. The van der Waals surface area contributed by atoms with Crippen molar-refractivity contribution in [3.63, 3.8) is 0 Å². The van der Waals surface area contributed by atoms with E-state index in [9.17, 15) is 18.7 Å². The molecule has 0 radical (unpaired) electrons. The zero-order chi connectivity index (χ0) is 28.8. The molecule has 0 aliphatic carbocycles. The van der Waals surface area contributed by atoms with Crippen LogP contribution in [0.4, 0.5) is 8.78 Å². The molecule has 212 valence electrons. The molecular weight excluding hydrogens is 512 g/mol. The van der Waals surface area contributed by atoms with Gasteiger partial charge in [0.2, 0.25) is 0 Å². The van der Waals surface area contributed by atoms with Gasteiger partial charge in [-0.1, -0.05) is 24.8 Å². The van der Waals surface area contributed by atoms with E-state index in [1.807, 2.05) is 17.0 Å². The Morgan fingerprint density at radius 2 is 1.88 bits per heavy atom. The average molecular weight is 550 g/mol. The van der Waals surface area contributed by atoms with Crippen molar-refractivity contribution in [3.05, 3.63) is 113 Å². The zero-order valence-corrected chi connectivity index (χ0v) is 23.2. The van der Waals surface area contributed by atoms with Gasteiger partial charge in [0.25, 0.3) is 5.91 Å². The Morgan fingerprint density at radius 1 is 1.12 bits per heavy atom. The third kappa shape index (κ3) is 7.53. The van der Waals surface area contributed by atoms with Crippen molar-refractivity contribution < 1.29 is 23.4 Å². The van der Waals surface area contributed by atoms with Gasteiger partial charge in [-0.25, -0.2) is 8.78 Å². The van der Waals surface area contributed by atoms with Gasteiger partial charge >= 0.3 is 0 Å². The highest BCUT2D eigenvalue weighted by Crippen LogP contribution is 2.26. The SMILES string of the molecule is C=CC(O)N1CCN(C[C@H](Oc2ccc(C(=O)NCc3cc(C)cc(F)c3)cc2)c2ccc(C)c(F)c2)C[C@H]1C. The number of amides is 1. The zero-order valence-electron chi connectivity index (χ0n) is 23.2. The van der Waals surface area contributed by atoms with Gasteiger partial charge in [0.15, 0.2) is 0 Å². The molecule has 4 rings (SSSR count). The number of piperazine rings is 1. The number of hydrogen-bond acceptors (Lipinski definition) is 5. The van der Waals surface area contributed by atoms with Gasteiger partial charge in [-0.15, -0.1) is 0 Å². The second-order valence-electron chi connectivity index (χ2n) is 10.5.